The number of nitrogens with zero attached hydrogens (tertiary/aromatic N) is 2. The quantitative estimate of drug-likeness (QED) is 0.283. The normalized spacial score (nSPS) is 12.0. The standard InChI is InChI=1S/C21H23FN4O2.HI/c1-15(27-19-10-8-17(22)9-11-19)13-24-21(23-2)25-14-18-12-20(28-26-18)16-6-4-3-5-7-16;/h3-12,15H,13-14H2,1-2H3,(H2,23,24,25);1H. The lowest BCUT2D eigenvalue weighted by molar-refractivity contribution is 0.223. The Morgan fingerprint density at radius 3 is 2.55 bits per heavy atom. The summed E-state index contributed by atoms with van der Waals surface area (Å²) in [6.07, 6.45) is -0.124. The van der Waals surface area contributed by atoms with Gasteiger partial charge in [0.15, 0.2) is 11.7 Å². The minimum absolute atomic E-state index is 0. The zero-order valence-corrected chi connectivity index (χ0v) is 18.6. The molecule has 0 spiro atoms. The average Bonchev–Trinajstić information content (AvgIpc) is 3.20. The molecule has 29 heavy (non-hydrogen) atoms. The minimum atomic E-state index is -0.286. The van der Waals surface area contributed by atoms with Crippen LogP contribution < -0.4 is 15.4 Å². The van der Waals surface area contributed by atoms with Crippen LogP contribution in [-0.4, -0.2) is 30.8 Å². The zero-order chi connectivity index (χ0) is 19.8. The summed E-state index contributed by atoms with van der Waals surface area (Å²) in [5, 5.41) is 10.5. The summed E-state index contributed by atoms with van der Waals surface area (Å²) in [5.74, 6) is 1.68. The highest BCUT2D eigenvalue weighted by Gasteiger charge is 2.09. The Kier molecular flexibility index (Phi) is 8.91. The van der Waals surface area contributed by atoms with Gasteiger partial charge in [0, 0.05) is 18.7 Å². The van der Waals surface area contributed by atoms with Crippen LogP contribution in [0.4, 0.5) is 4.39 Å². The van der Waals surface area contributed by atoms with Crippen LogP contribution in [0.15, 0.2) is 70.2 Å². The largest absolute Gasteiger partial charge is 0.489 e. The van der Waals surface area contributed by atoms with Gasteiger partial charge in [0.25, 0.3) is 0 Å². The molecule has 0 amide bonds. The van der Waals surface area contributed by atoms with E-state index in [0.717, 1.165) is 17.0 Å². The molecule has 3 aromatic rings. The number of benzene rings is 2. The molecule has 1 atom stereocenters. The van der Waals surface area contributed by atoms with Gasteiger partial charge in [-0.05, 0) is 31.2 Å². The fraction of sp³-hybridized carbons (Fsp3) is 0.238. The second-order valence-corrected chi connectivity index (χ2v) is 6.24. The number of hydrogen-bond donors (Lipinski definition) is 2. The number of ether oxygens (including phenoxy) is 1. The van der Waals surface area contributed by atoms with Gasteiger partial charge in [-0.2, -0.15) is 0 Å². The molecule has 6 nitrogen and oxygen atoms in total. The minimum Gasteiger partial charge on any atom is -0.489 e. The molecule has 0 aliphatic carbocycles. The molecule has 0 bridgehead atoms. The molecular weight excluding hydrogens is 486 g/mol. The van der Waals surface area contributed by atoms with Crippen molar-refractivity contribution in [2.75, 3.05) is 13.6 Å². The van der Waals surface area contributed by atoms with Gasteiger partial charge in [0.05, 0.1) is 13.1 Å². The van der Waals surface area contributed by atoms with Crippen LogP contribution in [0.3, 0.4) is 0 Å². The van der Waals surface area contributed by atoms with E-state index in [1.165, 1.54) is 12.1 Å². The lowest BCUT2D eigenvalue weighted by Gasteiger charge is -2.17. The molecule has 1 aromatic heterocycles. The van der Waals surface area contributed by atoms with E-state index in [1.54, 1.807) is 19.2 Å². The summed E-state index contributed by atoms with van der Waals surface area (Å²) in [5.41, 5.74) is 1.76. The second-order valence-electron chi connectivity index (χ2n) is 6.24. The summed E-state index contributed by atoms with van der Waals surface area (Å²) in [7, 11) is 1.69. The van der Waals surface area contributed by atoms with Gasteiger partial charge in [-0.3, -0.25) is 4.99 Å². The monoisotopic (exact) mass is 510 g/mol. The van der Waals surface area contributed by atoms with E-state index >= 15 is 0 Å². The van der Waals surface area contributed by atoms with Crippen LogP contribution in [0, 0.1) is 5.82 Å². The van der Waals surface area contributed by atoms with Crippen molar-refractivity contribution in [1.29, 1.82) is 0 Å². The maximum atomic E-state index is 12.9. The highest BCUT2D eigenvalue weighted by Crippen LogP contribution is 2.19. The number of guanidine groups is 1. The fourth-order valence-electron chi connectivity index (χ4n) is 2.56. The lowest BCUT2D eigenvalue weighted by atomic mass is 10.2. The third-order valence-corrected chi connectivity index (χ3v) is 3.99. The second kappa shape index (κ2) is 11.4. The van der Waals surface area contributed by atoms with E-state index in [4.69, 9.17) is 9.26 Å². The van der Waals surface area contributed by atoms with Crippen molar-refractivity contribution < 1.29 is 13.7 Å². The molecule has 1 heterocycles. The number of halogens is 2. The van der Waals surface area contributed by atoms with E-state index in [1.807, 2.05) is 43.3 Å². The van der Waals surface area contributed by atoms with Crippen molar-refractivity contribution in [2.24, 2.45) is 4.99 Å². The van der Waals surface area contributed by atoms with E-state index in [2.05, 4.69) is 20.8 Å². The number of aromatic nitrogens is 1. The molecule has 1 unspecified atom stereocenters. The predicted molar refractivity (Wildman–Crippen MR) is 122 cm³/mol. The molecule has 0 fully saturated rings. The maximum Gasteiger partial charge on any atom is 0.191 e. The highest BCUT2D eigenvalue weighted by atomic mass is 127. The van der Waals surface area contributed by atoms with Crippen molar-refractivity contribution in [2.45, 2.75) is 19.6 Å². The van der Waals surface area contributed by atoms with Crippen molar-refractivity contribution in [1.82, 2.24) is 15.8 Å². The molecule has 3 rings (SSSR count). The summed E-state index contributed by atoms with van der Waals surface area (Å²) in [6, 6.07) is 17.7. The van der Waals surface area contributed by atoms with Crippen molar-refractivity contribution >= 4 is 29.9 Å². The molecule has 8 heteroatoms. The van der Waals surface area contributed by atoms with Crippen molar-refractivity contribution in [3.63, 3.8) is 0 Å². The lowest BCUT2D eigenvalue weighted by Crippen LogP contribution is -2.41. The average molecular weight is 510 g/mol. The maximum absolute atomic E-state index is 12.9. The van der Waals surface area contributed by atoms with Crippen LogP contribution in [0.1, 0.15) is 12.6 Å². The first-order valence-corrected chi connectivity index (χ1v) is 9.02. The number of nitrogens with one attached hydrogen (secondary N) is 2. The van der Waals surface area contributed by atoms with Crippen LogP contribution in [0.2, 0.25) is 0 Å². The van der Waals surface area contributed by atoms with Crippen LogP contribution in [0.25, 0.3) is 11.3 Å². The van der Waals surface area contributed by atoms with E-state index in [9.17, 15) is 4.39 Å². The molecule has 2 N–H and O–H groups in total. The summed E-state index contributed by atoms with van der Waals surface area (Å²) in [6.45, 7) is 2.93. The molecule has 0 saturated heterocycles. The molecule has 0 saturated carbocycles. The van der Waals surface area contributed by atoms with Crippen molar-refractivity contribution in [3.8, 4) is 17.1 Å². The van der Waals surface area contributed by atoms with Gasteiger partial charge in [-0.1, -0.05) is 35.5 Å². The molecule has 0 radical (unpaired) electrons. The van der Waals surface area contributed by atoms with E-state index in [-0.39, 0.29) is 35.9 Å². The van der Waals surface area contributed by atoms with Gasteiger partial charge >= 0.3 is 0 Å². The van der Waals surface area contributed by atoms with Crippen LogP contribution >= 0.6 is 24.0 Å². The summed E-state index contributed by atoms with van der Waals surface area (Å²) >= 11 is 0. The third kappa shape index (κ3) is 7.04. The van der Waals surface area contributed by atoms with Crippen LogP contribution in [0.5, 0.6) is 5.75 Å². The zero-order valence-electron chi connectivity index (χ0n) is 16.3. The summed E-state index contributed by atoms with van der Waals surface area (Å²) in [4.78, 5) is 4.19. The SMILES string of the molecule is CN=C(NCc1cc(-c2ccccc2)on1)NCC(C)Oc1ccc(F)cc1.I. The molecule has 0 aliphatic heterocycles. The molecule has 154 valence electrons. The topological polar surface area (TPSA) is 71.7 Å². The first kappa shape index (κ1) is 22.7. The number of aliphatic imine (C=N–C) groups is 1. The molecule has 2 aromatic carbocycles. The molecule has 0 aliphatic rings. The Morgan fingerprint density at radius 2 is 1.86 bits per heavy atom. The fourth-order valence-corrected chi connectivity index (χ4v) is 2.56. The van der Waals surface area contributed by atoms with Crippen LogP contribution in [-0.2, 0) is 6.54 Å². The number of hydrogen-bond acceptors (Lipinski definition) is 4. The van der Waals surface area contributed by atoms with Gasteiger partial charge < -0.3 is 19.9 Å². The van der Waals surface area contributed by atoms with Gasteiger partial charge in [0.1, 0.15) is 23.4 Å². The van der Waals surface area contributed by atoms with E-state index < -0.39 is 0 Å². The Balaban J connectivity index is 0.00000300. The smallest absolute Gasteiger partial charge is 0.191 e. The van der Waals surface area contributed by atoms with Gasteiger partial charge in [-0.25, -0.2) is 4.39 Å². The summed E-state index contributed by atoms with van der Waals surface area (Å²) < 4.78 is 24.1. The Morgan fingerprint density at radius 1 is 1.14 bits per heavy atom. The van der Waals surface area contributed by atoms with Gasteiger partial charge in [-0.15, -0.1) is 24.0 Å². The Bertz CT molecular complexity index is 901. The predicted octanol–water partition coefficient (Wildman–Crippen LogP) is 4.23. The van der Waals surface area contributed by atoms with Crippen molar-refractivity contribution in [3.05, 3.63) is 72.2 Å². The molecular formula is C21H24FIN4O2. The highest BCUT2D eigenvalue weighted by molar-refractivity contribution is 14.0. The third-order valence-electron chi connectivity index (χ3n) is 3.99. The number of rotatable bonds is 7. The first-order valence-electron chi connectivity index (χ1n) is 9.02. The Labute approximate surface area is 186 Å². The van der Waals surface area contributed by atoms with Gasteiger partial charge in [0.2, 0.25) is 0 Å². The first-order chi connectivity index (χ1) is 13.6. The van der Waals surface area contributed by atoms with E-state index in [0.29, 0.717) is 24.8 Å². The Hall–Kier alpha value is -2.62.